The van der Waals surface area contributed by atoms with Crippen LogP contribution in [0.4, 0.5) is 0 Å². The third-order valence-electron chi connectivity index (χ3n) is 2.07. The molecule has 0 aliphatic carbocycles. The lowest BCUT2D eigenvalue weighted by Crippen LogP contribution is -2.54. The van der Waals surface area contributed by atoms with Crippen molar-refractivity contribution in [3.63, 3.8) is 0 Å². The van der Waals surface area contributed by atoms with Crippen LogP contribution in [0, 0.1) is 6.92 Å². The molecule has 0 saturated carbocycles. The number of aliphatic carboxylic acids is 1. The molecule has 1 unspecified atom stereocenters. The molecular formula is C10H17N3O3S. The second-order valence-corrected chi connectivity index (χ2v) is 5.24. The van der Waals surface area contributed by atoms with Crippen LogP contribution in [0.5, 0.6) is 0 Å². The minimum absolute atomic E-state index is 0.0844. The molecule has 0 spiro atoms. The summed E-state index contributed by atoms with van der Waals surface area (Å²) >= 11 is 1.23. The highest BCUT2D eigenvalue weighted by atomic mass is 32.2. The molecule has 0 bridgehead atoms. The molecule has 96 valence electrons. The van der Waals surface area contributed by atoms with E-state index in [-0.39, 0.29) is 6.04 Å². The molecule has 0 aliphatic rings. The van der Waals surface area contributed by atoms with Crippen LogP contribution in [0.3, 0.4) is 0 Å². The lowest BCUT2D eigenvalue weighted by atomic mass is 10.1. The summed E-state index contributed by atoms with van der Waals surface area (Å²) in [6, 6.07) is 0.0844. The average Bonchev–Trinajstić information content (AvgIpc) is 2.60. The Morgan fingerprint density at radius 1 is 1.59 bits per heavy atom. The topological polar surface area (TPSA) is 88.2 Å². The van der Waals surface area contributed by atoms with E-state index in [0.717, 1.165) is 0 Å². The molecule has 0 amide bonds. The third kappa shape index (κ3) is 4.01. The Hall–Kier alpha value is -1.08. The molecule has 1 aromatic heterocycles. The molecule has 1 rings (SSSR count). The molecule has 0 saturated heterocycles. The Kier molecular flexibility index (Phi) is 4.53. The third-order valence-corrected chi connectivity index (χ3v) is 3.20. The number of aromatic nitrogens is 2. The van der Waals surface area contributed by atoms with Gasteiger partial charge in [-0.2, -0.15) is 0 Å². The molecule has 6 nitrogen and oxygen atoms in total. The molecule has 0 fully saturated rings. The molecular weight excluding hydrogens is 242 g/mol. The van der Waals surface area contributed by atoms with Gasteiger partial charge in [0.05, 0.1) is 0 Å². The molecule has 1 heterocycles. The van der Waals surface area contributed by atoms with Gasteiger partial charge in [0.1, 0.15) is 5.54 Å². The number of hydrogen-bond acceptors (Lipinski definition) is 6. The van der Waals surface area contributed by atoms with Crippen LogP contribution >= 0.6 is 11.8 Å². The number of nitrogens with one attached hydrogen (secondary N) is 1. The van der Waals surface area contributed by atoms with Crippen LogP contribution in [0.25, 0.3) is 0 Å². The second-order valence-electron chi connectivity index (χ2n) is 4.31. The molecule has 1 aromatic rings. The number of nitrogens with zero attached hydrogens (tertiary/aromatic N) is 2. The SMILES string of the molecule is Cc1nnc(SCC(C)(NC(C)C)C(=O)O)o1. The first-order valence-corrected chi connectivity index (χ1v) is 6.26. The van der Waals surface area contributed by atoms with Crippen molar-refractivity contribution in [2.75, 3.05) is 5.75 Å². The summed E-state index contributed by atoms with van der Waals surface area (Å²) in [5, 5.41) is 20.1. The maximum Gasteiger partial charge on any atom is 0.324 e. The number of aryl methyl sites for hydroxylation is 1. The van der Waals surface area contributed by atoms with E-state index < -0.39 is 11.5 Å². The van der Waals surface area contributed by atoms with Gasteiger partial charge in [0.2, 0.25) is 5.89 Å². The van der Waals surface area contributed by atoms with E-state index in [2.05, 4.69) is 15.5 Å². The zero-order chi connectivity index (χ0) is 13.1. The van der Waals surface area contributed by atoms with Gasteiger partial charge < -0.3 is 9.52 Å². The molecule has 0 radical (unpaired) electrons. The van der Waals surface area contributed by atoms with Gasteiger partial charge >= 0.3 is 5.97 Å². The molecule has 7 heteroatoms. The van der Waals surface area contributed by atoms with E-state index >= 15 is 0 Å². The van der Waals surface area contributed by atoms with E-state index in [1.54, 1.807) is 13.8 Å². The van der Waals surface area contributed by atoms with Gasteiger partial charge in [-0.3, -0.25) is 10.1 Å². The van der Waals surface area contributed by atoms with Crippen LogP contribution in [0.15, 0.2) is 9.64 Å². The highest BCUT2D eigenvalue weighted by Gasteiger charge is 2.34. The molecule has 0 aromatic carbocycles. The Bertz CT molecular complexity index is 394. The van der Waals surface area contributed by atoms with Crippen molar-refractivity contribution in [2.45, 2.75) is 44.5 Å². The zero-order valence-electron chi connectivity index (χ0n) is 10.4. The molecule has 17 heavy (non-hydrogen) atoms. The lowest BCUT2D eigenvalue weighted by Gasteiger charge is -2.27. The highest BCUT2D eigenvalue weighted by Crippen LogP contribution is 2.22. The van der Waals surface area contributed by atoms with Gasteiger partial charge in [0.15, 0.2) is 0 Å². The number of rotatable bonds is 6. The summed E-state index contributed by atoms with van der Waals surface area (Å²) < 4.78 is 5.18. The number of carbonyl (C=O) groups is 1. The Balaban J connectivity index is 2.64. The molecule has 1 atom stereocenters. The summed E-state index contributed by atoms with van der Waals surface area (Å²) in [5.41, 5.74) is -1.01. The minimum atomic E-state index is -1.01. The fourth-order valence-electron chi connectivity index (χ4n) is 1.35. The minimum Gasteiger partial charge on any atom is -0.480 e. The summed E-state index contributed by atoms with van der Waals surface area (Å²) in [6.07, 6.45) is 0. The summed E-state index contributed by atoms with van der Waals surface area (Å²) in [7, 11) is 0. The number of carboxylic acids is 1. The van der Waals surface area contributed by atoms with Gasteiger partial charge in [-0.05, 0) is 20.8 Å². The van der Waals surface area contributed by atoms with Crippen molar-refractivity contribution in [1.82, 2.24) is 15.5 Å². The van der Waals surface area contributed by atoms with Crippen molar-refractivity contribution in [2.24, 2.45) is 0 Å². The second kappa shape index (κ2) is 5.50. The Labute approximate surface area is 104 Å². The first-order chi connectivity index (χ1) is 7.83. The van der Waals surface area contributed by atoms with Crippen molar-refractivity contribution in [3.8, 4) is 0 Å². The lowest BCUT2D eigenvalue weighted by molar-refractivity contribution is -0.143. The van der Waals surface area contributed by atoms with E-state index in [1.165, 1.54) is 11.8 Å². The fourth-order valence-corrected chi connectivity index (χ4v) is 2.24. The average molecular weight is 259 g/mol. The van der Waals surface area contributed by atoms with Gasteiger partial charge in [-0.1, -0.05) is 11.8 Å². The van der Waals surface area contributed by atoms with Gasteiger partial charge in [0, 0.05) is 18.7 Å². The molecule has 2 N–H and O–H groups in total. The number of hydrogen-bond donors (Lipinski definition) is 2. The quantitative estimate of drug-likeness (QED) is 0.744. The van der Waals surface area contributed by atoms with E-state index in [1.807, 2.05) is 13.8 Å². The number of carboxylic acid groups (broad SMARTS) is 1. The van der Waals surface area contributed by atoms with Crippen molar-refractivity contribution in [3.05, 3.63) is 5.89 Å². The Morgan fingerprint density at radius 2 is 2.24 bits per heavy atom. The summed E-state index contributed by atoms with van der Waals surface area (Å²) in [5.74, 6) is -0.0985. The van der Waals surface area contributed by atoms with Crippen LogP contribution < -0.4 is 5.32 Å². The fraction of sp³-hybridized carbons (Fsp3) is 0.700. The number of thioether (sulfide) groups is 1. The van der Waals surface area contributed by atoms with Crippen molar-refractivity contribution >= 4 is 17.7 Å². The van der Waals surface area contributed by atoms with Crippen LogP contribution in [0.2, 0.25) is 0 Å². The monoisotopic (exact) mass is 259 g/mol. The summed E-state index contributed by atoms with van der Waals surface area (Å²) in [6.45, 7) is 7.15. The maximum absolute atomic E-state index is 11.2. The maximum atomic E-state index is 11.2. The van der Waals surface area contributed by atoms with E-state index in [4.69, 9.17) is 4.42 Å². The summed E-state index contributed by atoms with van der Waals surface area (Å²) in [4.78, 5) is 11.2. The van der Waals surface area contributed by atoms with Crippen LogP contribution in [-0.4, -0.2) is 38.6 Å². The van der Waals surface area contributed by atoms with Gasteiger partial charge in [-0.25, -0.2) is 0 Å². The smallest absolute Gasteiger partial charge is 0.324 e. The van der Waals surface area contributed by atoms with Gasteiger partial charge in [0.25, 0.3) is 5.22 Å². The standard InChI is InChI=1S/C10H17N3O3S/c1-6(2)11-10(4,8(14)15)5-17-9-13-12-7(3)16-9/h6,11H,5H2,1-4H3,(H,14,15). The highest BCUT2D eigenvalue weighted by molar-refractivity contribution is 7.99. The first kappa shape index (κ1) is 14.0. The molecule has 0 aliphatic heterocycles. The van der Waals surface area contributed by atoms with Crippen molar-refractivity contribution in [1.29, 1.82) is 0 Å². The zero-order valence-corrected chi connectivity index (χ0v) is 11.2. The van der Waals surface area contributed by atoms with Gasteiger partial charge in [-0.15, -0.1) is 10.2 Å². The largest absolute Gasteiger partial charge is 0.480 e. The predicted octanol–water partition coefficient (Wildman–Crippen LogP) is 1.31. The first-order valence-electron chi connectivity index (χ1n) is 5.27. The normalized spacial score (nSPS) is 14.9. The van der Waals surface area contributed by atoms with E-state index in [9.17, 15) is 9.90 Å². The van der Waals surface area contributed by atoms with Crippen molar-refractivity contribution < 1.29 is 14.3 Å². The predicted molar refractivity (Wildman–Crippen MR) is 64.1 cm³/mol. The van der Waals surface area contributed by atoms with Crippen LogP contribution in [0.1, 0.15) is 26.7 Å². The Morgan fingerprint density at radius 3 is 2.65 bits per heavy atom. The van der Waals surface area contributed by atoms with Crippen LogP contribution in [-0.2, 0) is 4.79 Å². The van der Waals surface area contributed by atoms with E-state index in [0.29, 0.717) is 16.9 Å².